The topological polar surface area (TPSA) is 36.7 Å². The number of pyridine rings is 1. The van der Waals surface area contributed by atoms with E-state index in [1.165, 1.54) is 24.3 Å². The highest BCUT2D eigenvalue weighted by molar-refractivity contribution is 5.64. The van der Waals surface area contributed by atoms with Gasteiger partial charge in [0, 0.05) is 11.8 Å². The molecule has 0 fully saturated rings. The molecule has 0 N–H and O–H groups in total. The molecule has 1 aromatic carbocycles. The Labute approximate surface area is 105 Å². The van der Waals surface area contributed by atoms with Crippen molar-refractivity contribution in [1.29, 1.82) is 5.26 Å². The second kappa shape index (κ2) is 4.69. The minimum Gasteiger partial charge on any atom is -0.244 e. The number of nitriles is 1. The quantitative estimate of drug-likeness (QED) is 0.736. The maximum absolute atomic E-state index is 13.0. The molecule has 6 heteroatoms. The molecule has 2 aromatic rings. The van der Waals surface area contributed by atoms with Crippen LogP contribution in [-0.2, 0) is 6.18 Å². The number of hydrogen-bond acceptors (Lipinski definition) is 2. The highest BCUT2D eigenvalue weighted by atomic mass is 19.4. The summed E-state index contributed by atoms with van der Waals surface area (Å²) in [4.78, 5) is 3.47. The van der Waals surface area contributed by atoms with Crippen LogP contribution in [0, 0.1) is 17.1 Å². The third kappa shape index (κ3) is 2.71. The van der Waals surface area contributed by atoms with Crippen LogP contribution in [-0.4, -0.2) is 4.98 Å². The first kappa shape index (κ1) is 13.0. The van der Waals surface area contributed by atoms with E-state index in [-0.39, 0.29) is 11.1 Å². The molecule has 0 aliphatic heterocycles. The fourth-order valence-electron chi connectivity index (χ4n) is 1.60. The average molecular weight is 266 g/mol. The maximum Gasteiger partial charge on any atom is 0.419 e. The van der Waals surface area contributed by atoms with E-state index in [1.54, 1.807) is 0 Å². The molecule has 0 saturated carbocycles. The van der Waals surface area contributed by atoms with Gasteiger partial charge in [-0.1, -0.05) is 12.1 Å². The Morgan fingerprint density at radius 1 is 1.11 bits per heavy atom. The van der Waals surface area contributed by atoms with Gasteiger partial charge in [0.05, 0.1) is 5.56 Å². The van der Waals surface area contributed by atoms with Crippen molar-refractivity contribution in [2.75, 3.05) is 0 Å². The minimum atomic E-state index is -4.68. The van der Waals surface area contributed by atoms with Gasteiger partial charge in [-0.25, -0.2) is 9.37 Å². The van der Waals surface area contributed by atoms with E-state index in [9.17, 15) is 17.6 Å². The largest absolute Gasteiger partial charge is 0.419 e. The summed E-state index contributed by atoms with van der Waals surface area (Å²) < 4.78 is 51.3. The minimum absolute atomic E-state index is 0.103. The van der Waals surface area contributed by atoms with Crippen LogP contribution in [0.3, 0.4) is 0 Å². The van der Waals surface area contributed by atoms with Crippen LogP contribution in [0.5, 0.6) is 0 Å². The number of alkyl halides is 3. The van der Waals surface area contributed by atoms with E-state index < -0.39 is 23.3 Å². The summed E-state index contributed by atoms with van der Waals surface area (Å²) in [7, 11) is 0. The van der Waals surface area contributed by atoms with Crippen LogP contribution in [0.15, 0.2) is 36.5 Å². The smallest absolute Gasteiger partial charge is 0.244 e. The van der Waals surface area contributed by atoms with Crippen LogP contribution in [0.1, 0.15) is 11.3 Å². The van der Waals surface area contributed by atoms with Gasteiger partial charge in [-0.15, -0.1) is 0 Å². The van der Waals surface area contributed by atoms with Crippen molar-refractivity contribution in [2.24, 2.45) is 0 Å². The van der Waals surface area contributed by atoms with Crippen molar-refractivity contribution >= 4 is 0 Å². The fourth-order valence-corrected chi connectivity index (χ4v) is 1.60. The molecule has 0 bridgehead atoms. The molecule has 0 radical (unpaired) electrons. The van der Waals surface area contributed by atoms with Crippen molar-refractivity contribution in [3.63, 3.8) is 0 Å². The number of hydrogen-bond donors (Lipinski definition) is 0. The zero-order valence-corrected chi connectivity index (χ0v) is 9.37. The lowest BCUT2D eigenvalue weighted by Gasteiger charge is -2.10. The molecule has 0 aliphatic carbocycles. The van der Waals surface area contributed by atoms with Crippen molar-refractivity contribution in [3.05, 3.63) is 53.6 Å². The van der Waals surface area contributed by atoms with Gasteiger partial charge in [0.25, 0.3) is 0 Å². The van der Waals surface area contributed by atoms with Crippen molar-refractivity contribution < 1.29 is 17.6 Å². The van der Waals surface area contributed by atoms with Crippen LogP contribution in [0.4, 0.5) is 17.6 Å². The molecule has 19 heavy (non-hydrogen) atoms. The van der Waals surface area contributed by atoms with E-state index in [0.717, 1.165) is 18.3 Å². The zero-order chi connectivity index (χ0) is 14.0. The molecule has 1 aromatic heterocycles. The molecule has 0 amide bonds. The summed E-state index contributed by atoms with van der Waals surface area (Å²) in [6, 6.07) is 7.31. The summed E-state index contributed by atoms with van der Waals surface area (Å²) in [6.07, 6.45) is -3.57. The standard InChI is InChI=1S/C13H6F4N2/c14-10-3-1-2-8(4-10)9-5-11(13(15,16)17)12(6-18)19-7-9/h1-5,7H. The monoisotopic (exact) mass is 266 g/mol. The fraction of sp³-hybridized carbons (Fsp3) is 0.0769. The Balaban J connectivity index is 2.59. The van der Waals surface area contributed by atoms with Gasteiger partial charge in [-0.2, -0.15) is 18.4 Å². The molecule has 96 valence electrons. The van der Waals surface area contributed by atoms with Crippen LogP contribution in [0.2, 0.25) is 0 Å². The maximum atomic E-state index is 13.0. The molecule has 2 rings (SSSR count). The van der Waals surface area contributed by atoms with E-state index in [2.05, 4.69) is 4.98 Å². The van der Waals surface area contributed by atoms with Crippen LogP contribution in [0.25, 0.3) is 11.1 Å². The summed E-state index contributed by atoms with van der Waals surface area (Å²) in [5, 5.41) is 8.61. The molecular weight excluding hydrogens is 260 g/mol. The zero-order valence-electron chi connectivity index (χ0n) is 9.37. The lowest BCUT2D eigenvalue weighted by atomic mass is 10.0. The Bertz CT molecular complexity index is 656. The highest BCUT2D eigenvalue weighted by Crippen LogP contribution is 2.33. The second-order valence-corrected chi connectivity index (χ2v) is 3.74. The number of nitrogens with zero attached hydrogens (tertiary/aromatic N) is 2. The van der Waals surface area contributed by atoms with Crippen molar-refractivity contribution in [3.8, 4) is 17.2 Å². The summed E-state index contributed by atoms with van der Waals surface area (Å²) in [5.41, 5.74) is -1.46. The Morgan fingerprint density at radius 2 is 1.84 bits per heavy atom. The molecule has 0 aliphatic rings. The first-order chi connectivity index (χ1) is 8.91. The summed E-state index contributed by atoms with van der Waals surface area (Å²) in [5.74, 6) is -0.560. The van der Waals surface area contributed by atoms with E-state index in [1.807, 2.05) is 0 Å². The van der Waals surface area contributed by atoms with Gasteiger partial charge in [-0.3, -0.25) is 0 Å². The third-order valence-corrected chi connectivity index (χ3v) is 2.46. The normalized spacial score (nSPS) is 11.1. The van der Waals surface area contributed by atoms with Gasteiger partial charge >= 0.3 is 6.18 Å². The van der Waals surface area contributed by atoms with Crippen LogP contribution < -0.4 is 0 Å². The molecule has 0 unspecified atom stereocenters. The lowest BCUT2D eigenvalue weighted by molar-refractivity contribution is -0.138. The second-order valence-electron chi connectivity index (χ2n) is 3.74. The number of rotatable bonds is 1. The van der Waals surface area contributed by atoms with Crippen molar-refractivity contribution in [1.82, 2.24) is 4.98 Å². The van der Waals surface area contributed by atoms with Gasteiger partial charge in [0.2, 0.25) is 0 Å². The first-order valence-electron chi connectivity index (χ1n) is 5.15. The van der Waals surface area contributed by atoms with Gasteiger partial charge in [0.15, 0.2) is 5.69 Å². The predicted molar refractivity (Wildman–Crippen MR) is 59.3 cm³/mol. The summed E-state index contributed by atoms with van der Waals surface area (Å²) >= 11 is 0. The summed E-state index contributed by atoms with van der Waals surface area (Å²) in [6.45, 7) is 0. The van der Waals surface area contributed by atoms with Crippen molar-refractivity contribution in [2.45, 2.75) is 6.18 Å². The molecule has 2 nitrogen and oxygen atoms in total. The SMILES string of the molecule is N#Cc1ncc(-c2cccc(F)c2)cc1C(F)(F)F. The Kier molecular flexibility index (Phi) is 3.21. The molecule has 0 saturated heterocycles. The Hall–Kier alpha value is -2.42. The van der Waals surface area contributed by atoms with Gasteiger partial charge in [0.1, 0.15) is 11.9 Å². The number of halogens is 4. The van der Waals surface area contributed by atoms with E-state index >= 15 is 0 Å². The third-order valence-electron chi connectivity index (χ3n) is 2.46. The average Bonchev–Trinajstić information content (AvgIpc) is 2.37. The molecule has 0 atom stereocenters. The predicted octanol–water partition coefficient (Wildman–Crippen LogP) is 3.78. The van der Waals surface area contributed by atoms with Gasteiger partial charge < -0.3 is 0 Å². The van der Waals surface area contributed by atoms with E-state index in [0.29, 0.717) is 0 Å². The molecule has 0 spiro atoms. The lowest BCUT2D eigenvalue weighted by Crippen LogP contribution is -2.09. The van der Waals surface area contributed by atoms with Crippen LogP contribution >= 0.6 is 0 Å². The highest BCUT2D eigenvalue weighted by Gasteiger charge is 2.34. The Morgan fingerprint density at radius 3 is 2.42 bits per heavy atom. The molecular formula is C13H6F4N2. The van der Waals surface area contributed by atoms with Gasteiger partial charge in [-0.05, 0) is 23.8 Å². The number of benzene rings is 1. The van der Waals surface area contributed by atoms with E-state index in [4.69, 9.17) is 5.26 Å². The number of aromatic nitrogens is 1. The first-order valence-corrected chi connectivity index (χ1v) is 5.15. The molecule has 1 heterocycles.